The second-order valence-corrected chi connectivity index (χ2v) is 15.4. The lowest BCUT2D eigenvalue weighted by Gasteiger charge is -2.25. The Morgan fingerprint density at radius 3 is 2.19 bits per heavy atom. The van der Waals surface area contributed by atoms with E-state index in [-0.39, 0.29) is 101 Å². The number of fused-ring (bicyclic) bond motifs is 1. The van der Waals surface area contributed by atoms with Crippen LogP contribution in [0.1, 0.15) is 74.9 Å². The number of nitrogens with two attached hydrogens (primary N) is 1. The number of rotatable bonds is 29. The van der Waals surface area contributed by atoms with E-state index in [1.54, 1.807) is 51.1 Å². The molecule has 0 fully saturated rings. The number of carbonyl (C=O) groups is 6. The third-order valence-corrected chi connectivity index (χ3v) is 9.81. The Morgan fingerprint density at radius 1 is 0.821 bits per heavy atom. The highest BCUT2D eigenvalue weighted by atomic mass is 16.5. The first-order valence-corrected chi connectivity index (χ1v) is 22.2. The van der Waals surface area contributed by atoms with E-state index < -0.39 is 47.6 Å². The molecule has 0 unspecified atom stereocenters. The van der Waals surface area contributed by atoms with Gasteiger partial charge in [-0.1, -0.05) is 69.7 Å². The van der Waals surface area contributed by atoms with Crippen molar-refractivity contribution in [1.82, 2.24) is 46.1 Å². The molecule has 4 aromatic rings. The Labute approximate surface area is 389 Å². The zero-order chi connectivity index (χ0) is 48.6. The topological polar surface area (TPSA) is 289 Å². The molecule has 0 bridgehead atoms. The molecule has 21 heteroatoms. The van der Waals surface area contributed by atoms with E-state index in [1.807, 2.05) is 37.3 Å². The van der Waals surface area contributed by atoms with Crippen LogP contribution in [0.5, 0.6) is 12.0 Å². The van der Waals surface area contributed by atoms with Gasteiger partial charge < -0.3 is 56.4 Å². The van der Waals surface area contributed by atoms with Crippen LogP contribution in [0.2, 0.25) is 0 Å². The molecule has 67 heavy (non-hydrogen) atoms. The molecular weight excluding hydrogens is 869 g/mol. The normalized spacial score (nSPS) is 12.1. The predicted molar refractivity (Wildman–Crippen MR) is 247 cm³/mol. The number of ether oxygens (including phenoxy) is 4. The molecule has 2 atom stereocenters. The van der Waals surface area contributed by atoms with Gasteiger partial charge in [-0.3, -0.25) is 33.3 Å². The van der Waals surface area contributed by atoms with Crippen molar-refractivity contribution in [1.29, 1.82) is 0 Å². The quantitative estimate of drug-likeness (QED) is 0.0233. The number of amides is 5. The van der Waals surface area contributed by atoms with Gasteiger partial charge in [-0.05, 0) is 55.0 Å². The summed E-state index contributed by atoms with van der Waals surface area (Å²) in [5.41, 5.74) is 8.63. The van der Waals surface area contributed by atoms with Gasteiger partial charge in [0, 0.05) is 31.1 Å². The number of imidazole rings is 1. The molecule has 8 N–H and O–H groups in total. The molecule has 0 aliphatic heterocycles. The number of aromatic nitrogens is 4. The Hall–Kier alpha value is -7.13. The number of benzene rings is 2. The van der Waals surface area contributed by atoms with Crippen molar-refractivity contribution in [2.24, 2.45) is 5.92 Å². The second kappa shape index (κ2) is 28.0. The summed E-state index contributed by atoms with van der Waals surface area (Å²) in [4.78, 5) is 89.1. The largest absolute Gasteiger partial charge is 0.480 e. The van der Waals surface area contributed by atoms with Crippen LogP contribution in [0.4, 0.5) is 5.82 Å². The minimum atomic E-state index is -1.13. The van der Waals surface area contributed by atoms with Crippen molar-refractivity contribution in [3.63, 3.8) is 0 Å². The van der Waals surface area contributed by atoms with Crippen LogP contribution in [0.25, 0.3) is 17.2 Å². The number of aromatic hydroxyl groups is 1. The standard InChI is InChI=1S/C46H62N10O11/c1-5-7-23-67-45-54-40(47)39-41(55-45)56(46(63)53-39)29-32-13-16-33(17-14-32)42(60)48-21-24-64-26-27-65-25-22-49-43(61)34(18-20-37(59)66-6-2)51-44(62)38(30(3)4)52-36(58)28-50-35(57)19-15-31-11-9-8-10-12-31/h8-17,19,30,34,38H,5-7,18,20-29H2,1-4H3,(H,48,60)(H,49,61)(H,50,57)(H,51,62)(H,52,58)(H,53,63)(H2,47,54,55)/t34-,38+/m1/s1. The predicted octanol–water partition coefficient (Wildman–Crippen LogP) is 2.02. The van der Waals surface area contributed by atoms with Crippen molar-refractivity contribution in [3.8, 4) is 12.0 Å². The van der Waals surface area contributed by atoms with E-state index in [9.17, 15) is 33.9 Å². The average Bonchev–Trinajstić information content (AvgIpc) is 3.63. The summed E-state index contributed by atoms with van der Waals surface area (Å²) in [6, 6.07) is 13.6. The molecule has 0 radical (unpaired) electrons. The van der Waals surface area contributed by atoms with Gasteiger partial charge in [-0.2, -0.15) is 15.0 Å². The Morgan fingerprint density at radius 2 is 1.52 bits per heavy atom. The minimum absolute atomic E-state index is 0.0618. The first-order valence-electron chi connectivity index (χ1n) is 22.2. The smallest absolute Gasteiger partial charge is 0.320 e. The lowest BCUT2D eigenvalue weighted by molar-refractivity contribution is -0.143. The molecule has 0 spiro atoms. The van der Waals surface area contributed by atoms with Crippen LogP contribution < -0.4 is 37.1 Å². The highest BCUT2D eigenvalue weighted by Crippen LogP contribution is 2.26. The van der Waals surface area contributed by atoms with E-state index in [2.05, 4.69) is 41.5 Å². The van der Waals surface area contributed by atoms with Gasteiger partial charge in [-0.15, -0.1) is 0 Å². The molecule has 2 aromatic heterocycles. The summed E-state index contributed by atoms with van der Waals surface area (Å²) in [6.45, 7) is 8.58. The number of nitrogen functional groups attached to an aromatic ring is 1. The molecule has 0 aliphatic rings. The van der Waals surface area contributed by atoms with Crippen molar-refractivity contribution in [2.45, 2.75) is 72.0 Å². The fraction of sp³-hybridized carbons (Fsp3) is 0.457. The van der Waals surface area contributed by atoms with Crippen LogP contribution in [-0.4, -0.2) is 131 Å². The summed E-state index contributed by atoms with van der Waals surface area (Å²) < 4.78 is 23.2. The van der Waals surface area contributed by atoms with Crippen molar-refractivity contribution < 1.29 is 52.8 Å². The van der Waals surface area contributed by atoms with Crippen LogP contribution in [0.3, 0.4) is 0 Å². The Kier molecular flexibility index (Phi) is 22.0. The zero-order valence-corrected chi connectivity index (χ0v) is 38.4. The highest BCUT2D eigenvalue weighted by Gasteiger charge is 2.29. The number of nitrogens with zero attached hydrogens (tertiary/aromatic N) is 4. The van der Waals surface area contributed by atoms with E-state index in [1.165, 1.54) is 10.6 Å². The van der Waals surface area contributed by atoms with Crippen molar-refractivity contribution in [2.75, 3.05) is 65.0 Å². The van der Waals surface area contributed by atoms with E-state index in [0.29, 0.717) is 17.8 Å². The molecule has 362 valence electrons. The summed E-state index contributed by atoms with van der Waals surface area (Å²) in [5.74, 6) is -3.46. The maximum atomic E-state index is 13.4. The number of hydrogen-bond acceptors (Lipinski definition) is 15. The minimum Gasteiger partial charge on any atom is -0.480 e. The number of unbranched alkanes of at least 4 members (excludes halogenated alkanes) is 1. The summed E-state index contributed by atoms with van der Waals surface area (Å²) in [6.07, 6.45) is 4.46. The van der Waals surface area contributed by atoms with Gasteiger partial charge in [0.2, 0.25) is 23.6 Å². The van der Waals surface area contributed by atoms with Crippen LogP contribution in [0.15, 0.2) is 60.7 Å². The number of carbonyl (C=O) groups excluding carboxylic acids is 6. The summed E-state index contributed by atoms with van der Waals surface area (Å²) in [5, 5.41) is 23.8. The van der Waals surface area contributed by atoms with Crippen molar-refractivity contribution in [3.05, 3.63) is 77.4 Å². The van der Waals surface area contributed by atoms with Gasteiger partial charge in [0.1, 0.15) is 12.1 Å². The first kappa shape index (κ1) is 52.5. The van der Waals surface area contributed by atoms with Gasteiger partial charge in [0.05, 0.1) is 52.7 Å². The van der Waals surface area contributed by atoms with Crippen LogP contribution >= 0.6 is 0 Å². The number of esters is 1. The van der Waals surface area contributed by atoms with Gasteiger partial charge in [0.15, 0.2) is 17.0 Å². The second-order valence-electron chi connectivity index (χ2n) is 15.4. The third kappa shape index (κ3) is 18.0. The van der Waals surface area contributed by atoms with Gasteiger partial charge in [0.25, 0.3) is 11.9 Å². The monoisotopic (exact) mass is 930 g/mol. The molecule has 0 aliphatic carbocycles. The summed E-state index contributed by atoms with van der Waals surface area (Å²) >= 11 is 0. The number of anilines is 1. The number of hydrogen-bond donors (Lipinski definition) is 7. The lowest BCUT2D eigenvalue weighted by Crippen LogP contribution is -2.56. The maximum absolute atomic E-state index is 13.4. The Balaban J connectivity index is 1.14. The fourth-order valence-corrected chi connectivity index (χ4v) is 6.23. The molecule has 0 saturated carbocycles. The molecule has 4 rings (SSSR count). The SMILES string of the molecule is CCCCOc1nc(N)c2nc(O)n(Cc3ccc(C(=O)NCCOCCOCCNC(=O)[C@@H](CCC(=O)OCC)NC(=O)[C@@H](NC(=O)CNC(=O)C=Cc4ccccc4)C(C)C)cc3)c2n1. The lowest BCUT2D eigenvalue weighted by atomic mass is 10.0. The highest BCUT2D eigenvalue weighted by molar-refractivity contribution is 5.96. The number of nitrogens with one attached hydrogen (secondary N) is 5. The molecule has 21 nitrogen and oxygen atoms in total. The first-order chi connectivity index (χ1) is 32.3. The van der Waals surface area contributed by atoms with Gasteiger partial charge in [-0.25, -0.2) is 0 Å². The maximum Gasteiger partial charge on any atom is 0.320 e. The van der Waals surface area contributed by atoms with E-state index in [0.717, 1.165) is 24.0 Å². The fourth-order valence-electron chi connectivity index (χ4n) is 6.23. The van der Waals surface area contributed by atoms with E-state index in [4.69, 9.17) is 24.7 Å². The van der Waals surface area contributed by atoms with Gasteiger partial charge >= 0.3 is 12.0 Å². The average molecular weight is 931 g/mol. The Bertz CT molecular complexity index is 2270. The molecule has 2 heterocycles. The molecular formula is C46H62N10O11. The van der Waals surface area contributed by atoms with E-state index >= 15 is 0 Å². The summed E-state index contributed by atoms with van der Waals surface area (Å²) in [7, 11) is 0. The van der Waals surface area contributed by atoms with Crippen molar-refractivity contribution >= 4 is 58.6 Å². The molecule has 0 saturated heterocycles. The van der Waals surface area contributed by atoms with Crippen LogP contribution in [-0.2, 0) is 44.7 Å². The van der Waals surface area contributed by atoms with Crippen LogP contribution in [0, 0.1) is 5.92 Å². The molecule has 2 aromatic carbocycles. The molecule has 5 amide bonds. The third-order valence-electron chi connectivity index (χ3n) is 9.81. The zero-order valence-electron chi connectivity index (χ0n) is 38.4.